The van der Waals surface area contributed by atoms with Crippen LogP contribution in [0.3, 0.4) is 0 Å². The lowest BCUT2D eigenvalue weighted by Crippen LogP contribution is -2.54. The maximum absolute atomic E-state index is 12.9. The van der Waals surface area contributed by atoms with E-state index in [0.717, 1.165) is 12.5 Å². The third-order valence-corrected chi connectivity index (χ3v) is 16.2. The summed E-state index contributed by atoms with van der Waals surface area (Å²) in [4.78, 5) is 4.10. The van der Waals surface area contributed by atoms with Crippen molar-refractivity contribution in [2.45, 2.75) is 83.2 Å². The van der Waals surface area contributed by atoms with Gasteiger partial charge in [0.05, 0.1) is 13.2 Å². The molecule has 0 rings (SSSR count). The highest BCUT2D eigenvalue weighted by atomic mass is 28.5. The molecule has 1 atom stereocenters. The molecule has 1 unspecified atom stereocenters. The molecule has 1 N–H and O–H groups in total. The van der Waals surface area contributed by atoms with E-state index in [1.807, 2.05) is 26.2 Å². The molecule has 0 spiro atoms. The summed E-state index contributed by atoms with van der Waals surface area (Å²) < 4.78 is 56.5. The van der Waals surface area contributed by atoms with Crippen LogP contribution in [0.1, 0.15) is 26.2 Å². The maximum Gasteiger partial charge on any atom is 0.389 e. The highest BCUT2D eigenvalue weighted by molar-refractivity contribution is 6.88. The first-order chi connectivity index (χ1) is 12.7. The van der Waals surface area contributed by atoms with Crippen LogP contribution in [0.15, 0.2) is 0 Å². The monoisotopic (exact) mass is 460 g/mol. The zero-order valence-corrected chi connectivity index (χ0v) is 20.9. The summed E-state index contributed by atoms with van der Waals surface area (Å²) in [5.41, 5.74) is 0. The van der Waals surface area contributed by atoms with Gasteiger partial charge in [-0.15, -0.1) is 0 Å². The first-order valence-electron chi connectivity index (χ1n) is 9.51. The van der Waals surface area contributed by atoms with Crippen molar-refractivity contribution >= 4 is 25.2 Å². The van der Waals surface area contributed by atoms with Gasteiger partial charge in [0.2, 0.25) is 0 Å². The summed E-state index contributed by atoms with van der Waals surface area (Å²) in [5.74, 6) is 2.65. The van der Waals surface area contributed by atoms with Crippen LogP contribution in [0.5, 0.6) is 0 Å². The zero-order valence-electron chi connectivity index (χ0n) is 17.9. The van der Waals surface area contributed by atoms with Crippen molar-refractivity contribution in [1.82, 2.24) is 0 Å². The van der Waals surface area contributed by atoms with Gasteiger partial charge in [0.1, 0.15) is 6.11 Å². The van der Waals surface area contributed by atoms with Crippen LogP contribution >= 0.6 is 0 Å². The molecular weight excluding hydrogens is 425 g/mol. The number of alkyl halides is 3. The Labute approximate surface area is 170 Å². The number of ether oxygens (including phenoxy) is 1. The van der Waals surface area contributed by atoms with Gasteiger partial charge < -0.3 is 13.0 Å². The van der Waals surface area contributed by atoms with Gasteiger partial charge in [0.25, 0.3) is 0 Å². The fourth-order valence-electron chi connectivity index (χ4n) is 3.02. The molecule has 0 fully saturated rings. The fraction of sp³-hybridized carbons (Fsp3) is 0.882. The Bertz CT molecular complexity index is 506. The Hall–Kier alpha value is -0.359. The summed E-state index contributed by atoms with van der Waals surface area (Å²) in [6.45, 7) is 12.1. The van der Waals surface area contributed by atoms with Crippen LogP contribution in [-0.4, -0.2) is 49.8 Å². The first kappa shape index (κ1) is 27.6. The summed E-state index contributed by atoms with van der Waals surface area (Å²) >= 11 is 0. The molecule has 0 aromatic rings. The molecule has 5 nitrogen and oxygen atoms in total. The molecule has 0 amide bonds. The van der Waals surface area contributed by atoms with Crippen LogP contribution in [0.2, 0.25) is 50.9 Å². The topological polar surface area (TPSA) is 57.2 Å². The van der Waals surface area contributed by atoms with Gasteiger partial charge in [0, 0.05) is 13.3 Å². The van der Waals surface area contributed by atoms with Gasteiger partial charge in [-0.2, -0.15) is 13.2 Å². The number of halogens is 3. The predicted octanol–water partition coefficient (Wildman–Crippen LogP) is 5.72. The van der Waals surface area contributed by atoms with Gasteiger partial charge in [0.15, 0.2) is 16.6 Å². The van der Waals surface area contributed by atoms with E-state index < -0.39 is 37.8 Å². The average molecular weight is 461 g/mol. The van der Waals surface area contributed by atoms with Gasteiger partial charge in [-0.05, 0) is 63.7 Å². The zero-order chi connectivity index (χ0) is 21.9. The first-order valence-corrected chi connectivity index (χ1v) is 18.3. The predicted molar refractivity (Wildman–Crippen MR) is 111 cm³/mol. The van der Waals surface area contributed by atoms with Crippen LogP contribution in [-0.2, 0) is 17.9 Å². The Morgan fingerprint density at radius 1 is 0.857 bits per heavy atom. The summed E-state index contributed by atoms with van der Waals surface area (Å²) in [7, 11) is -7.53. The number of hydrogen-bond acceptors (Lipinski definition) is 5. The van der Waals surface area contributed by atoms with Crippen LogP contribution in [0.4, 0.5) is 13.2 Å². The third kappa shape index (κ3) is 14.6. The van der Waals surface area contributed by atoms with Crippen LogP contribution in [0, 0.1) is 12.0 Å². The molecule has 0 aliphatic heterocycles. The van der Waals surface area contributed by atoms with Crippen LogP contribution < -0.4 is 0 Å². The van der Waals surface area contributed by atoms with Crippen molar-refractivity contribution in [2.75, 3.05) is 13.2 Å². The van der Waals surface area contributed by atoms with Gasteiger partial charge >= 0.3 is 14.7 Å². The molecule has 28 heavy (non-hydrogen) atoms. The second kappa shape index (κ2) is 12.4. The number of hydrogen-bond donors (Lipinski definition) is 1. The Morgan fingerprint density at radius 2 is 1.36 bits per heavy atom. The molecule has 0 aromatic heterocycles. The molecule has 0 aromatic carbocycles. The third-order valence-electron chi connectivity index (χ3n) is 4.06. The Kier molecular flexibility index (Phi) is 12.2. The second-order valence-corrected chi connectivity index (χ2v) is 20.7. The summed E-state index contributed by atoms with van der Waals surface area (Å²) in [6.07, 6.45) is -1.27. The molecule has 0 heterocycles. The second-order valence-electron chi connectivity index (χ2n) is 8.21. The van der Waals surface area contributed by atoms with Crippen molar-refractivity contribution in [1.29, 1.82) is 0 Å². The SMILES string of the molecule is CC#COCCC[Si](C)(C)O[Si](C)(CCC(F)(F)F)O[Si](C)(C)CCCOO. The smallest absolute Gasteiger partial charge is 0.389 e. The molecule has 11 heteroatoms. The highest BCUT2D eigenvalue weighted by Crippen LogP contribution is 2.33. The summed E-state index contributed by atoms with van der Waals surface area (Å²) in [5, 5.41) is 8.48. The minimum Gasteiger partial charge on any atom is -0.447 e. The molecule has 0 saturated carbocycles. The van der Waals surface area contributed by atoms with Crippen molar-refractivity contribution in [3.63, 3.8) is 0 Å². The molecular formula is C17H35F3O5Si3. The van der Waals surface area contributed by atoms with E-state index in [0.29, 0.717) is 19.1 Å². The van der Waals surface area contributed by atoms with Crippen molar-refractivity contribution in [2.24, 2.45) is 0 Å². The van der Waals surface area contributed by atoms with E-state index in [1.54, 1.807) is 13.5 Å². The summed E-state index contributed by atoms with van der Waals surface area (Å²) in [6, 6.07) is 1.32. The average Bonchev–Trinajstić information content (AvgIpc) is 2.51. The quantitative estimate of drug-likeness (QED) is 0.118. The van der Waals surface area contributed by atoms with E-state index in [4.69, 9.17) is 18.2 Å². The van der Waals surface area contributed by atoms with E-state index in [-0.39, 0.29) is 12.7 Å². The Morgan fingerprint density at radius 3 is 1.79 bits per heavy atom. The normalized spacial score (nSPS) is 14.9. The standard InChI is InChI=1S/C17H35F3O5Si3/c1-7-11-22-12-8-14-26(2,3)24-28(6,16-10-17(18,19)20)25-27(4,5)15-9-13-23-21/h21H,8-10,12-16H2,1-6H3. The Balaban J connectivity index is 5.06. The van der Waals surface area contributed by atoms with E-state index in [1.165, 1.54) is 0 Å². The molecule has 0 bridgehead atoms. The van der Waals surface area contributed by atoms with Crippen molar-refractivity contribution in [3.05, 3.63) is 0 Å². The van der Waals surface area contributed by atoms with Crippen molar-refractivity contribution in [3.8, 4) is 12.0 Å². The van der Waals surface area contributed by atoms with Crippen molar-refractivity contribution < 1.29 is 36.3 Å². The maximum atomic E-state index is 12.9. The van der Waals surface area contributed by atoms with Gasteiger partial charge in [-0.1, -0.05) is 5.92 Å². The molecule has 0 radical (unpaired) electrons. The van der Waals surface area contributed by atoms with E-state index in [2.05, 4.69) is 16.9 Å². The molecule has 166 valence electrons. The highest BCUT2D eigenvalue weighted by Gasteiger charge is 2.45. The lowest BCUT2D eigenvalue weighted by atomic mass is 10.5. The number of rotatable bonds is 14. The molecule has 0 aliphatic carbocycles. The van der Waals surface area contributed by atoms with Crippen LogP contribution in [0.25, 0.3) is 0 Å². The fourth-order valence-corrected chi connectivity index (χ4v) is 17.3. The van der Waals surface area contributed by atoms with Gasteiger partial charge in [-0.3, -0.25) is 5.26 Å². The lowest BCUT2D eigenvalue weighted by molar-refractivity contribution is -0.241. The molecule has 0 aliphatic rings. The largest absolute Gasteiger partial charge is 0.447 e. The van der Waals surface area contributed by atoms with E-state index >= 15 is 0 Å². The van der Waals surface area contributed by atoms with Gasteiger partial charge in [-0.25, -0.2) is 4.89 Å². The molecule has 0 saturated heterocycles. The minimum absolute atomic E-state index is 0.113. The lowest BCUT2D eigenvalue weighted by Gasteiger charge is -2.41. The minimum atomic E-state index is -4.24. The van der Waals surface area contributed by atoms with E-state index in [9.17, 15) is 13.2 Å².